The van der Waals surface area contributed by atoms with Crippen molar-refractivity contribution in [1.82, 2.24) is 4.90 Å². The highest BCUT2D eigenvalue weighted by Crippen LogP contribution is 2.47. The molecule has 2 aromatic rings. The Morgan fingerprint density at radius 2 is 1.76 bits per heavy atom. The maximum absolute atomic E-state index is 12.7. The van der Waals surface area contributed by atoms with Crippen LogP contribution in [0.2, 0.25) is 5.02 Å². The Balaban J connectivity index is 1.44. The van der Waals surface area contributed by atoms with Gasteiger partial charge in [-0.2, -0.15) is 0 Å². The van der Waals surface area contributed by atoms with Crippen molar-refractivity contribution < 1.29 is 14.3 Å². The van der Waals surface area contributed by atoms with Crippen LogP contribution >= 0.6 is 23.4 Å². The van der Waals surface area contributed by atoms with Gasteiger partial charge in [-0.25, -0.2) is 4.79 Å². The summed E-state index contributed by atoms with van der Waals surface area (Å²) in [5.74, 6) is 1.33. The fraction of sp³-hybridized carbons (Fsp3) is 0.333. The Morgan fingerprint density at radius 1 is 1.10 bits per heavy atom. The lowest BCUT2D eigenvalue weighted by atomic mass is 10.0. The van der Waals surface area contributed by atoms with Crippen LogP contribution in [0.4, 0.5) is 16.2 Å². The van der Waals surface area contributed by atoms with E-state index < -0.39 is 0 Å². The van der Waals surface area contributed by atoms with Gasteiger partial charge < -0.3 is 15.0 Å². The first-order valence-corrected chi connectivity index (χ1v) is 10.8. The second-order valence-electron chi connectivity index (χ2n) is 7.09. The van der Waals surface area contributed by atoms with E-state index in [-0.39, 0.29) is 16.8 Å². The van der Waals surface area contributed by atoms with Gasteiger partial charge in [-0.05, 0) is 61.4 Å². The summed E-state index contributed by atoms with van der Waals surface area (Å²) >= 11 is 7.57. The van der Waals surface area contributed by atoms with Gasteiger partial charge in [-0.1, -0.05) is 11.6 Å². The SMILES string of the molecule is COc1ccc(N2C(=O)CSC23CCN(C(=O)Nc2ccc(Cl)cc2)CC3)cc1. The Bertz CT molecular complexity index is 896. The molecule has 6 nitrogen and oxygen atoms in total. The largest absolute Gasteiger partial charge is 0.497 e. The molecule has 4 rings (SSSR count). The number of carbonyl (C=O) groups excluding carboxylic acids is 2. The zero-order valence-corrected chi connectivity index (χ0v) is 17.6. The molecule has 152 valence electrons. The second-order valence-corrected chi connectivity index (χ2v) is 8.86. The minimum Gasteiger partial charge on any atom is -0.497 e. The van der Waals surface area contributed by atoms with Crippen molar-refractivity contribution in [1.29, 1.82) is 0 Å². The van der Waals surface area contributed by atoms with E-state index in [4.69, 9.17) is 16.3 Å². The summed E-state index contributed by atoms with van der Waals surface area (Å²) in [5.41, 5.74) is 1.59. The quantitative estimate of drug-likeness (QED) is 0.779. The molecule has 0 bridgehead atoms. The number of urea groups is 1. The van der Waals surface area contributed by atoms with Gasteiger partial charge in [0, 0.05) is 29.5 Å². The molecule has 1 N–H and O–H groups in total. The predicted molar refractivity (Wildman–Crippen MR) is 117 cm³/mol. The Morgan fingerprint density at radius 3 is 2.38 bits per heavy atom. The van der Waals surface area contributed by atoms with Crippen LogP contribution in [0, 0.1) is 0 Å². The first-order valence-electron chi connectivity index (χ1n) is 9.43. The number of nitrogens with zero attached hydrogens (tertiary/aromatic N) is 2. The summed E-state index contributed by atoms with van der Waals surface area (Å²) in [5, 5.41) is 3.54. The molecule has 2 heterocycles. The van der Waals surface area contributed by atoms with E-state index in [9.17, 15) is 9.59 Å². The molecular weight excluding hydrogens is 410 g/mol. The fourth-order valence-corrected chi connectivity index (χ4v) is 5.28. The van der Waals surface area contributed by atoms with Gasteiger partial charge in [-0.3, -0.25) is 9.69 Å². The standard InChI is InChI=1S/C21H22ClN3O3S/c1-28-18-8-6-17(7-9-18)25-19(26)14-29-21(25)10-12-24(13-11-21)20(27)23-16-4-2-15(22)3-5-16/h2-9H,10-14H2,1H3,(H,23,27). The summed E-state index contributed by atoms with van der Waals surface area (Å²) in [7, 11) is 1.62. The van der Waals surface area contributed by atoms with E-state index in [1.54, 1.807) is 48.0 Å². The lowest BCUT2D eigenvalue weighted by Crippen LogP contribution is -2.53. The first kappa shape index (κ1) is 19.9. The van der Waals surface area contributed by atoms with E-state index in [0.717, 1.165) is 24.3 Å². The molecule has 0 aromatic heterocycles. The molecular formula is C21H22ClN3O3S. The van der Waals surface area contributed by atoms with Gasteiger partial charge in [0.25, 0.3) is 0 Å². The van der Waals surface area contributed by atoms with Crippen LogP contribution < -0.4 is 15.0 Å². The Labute approximate surface area is 179 Å². The van der Waals surface area contributed by atoms with Crippen LogP contribution in [0.1, 0.15) is 12.8 Å². The number of amides is 3. The summed E-state index contributed by atoms with van der Waals surface area (Å²) < 4.78 is 5.22. The molecule has 2 aliphatic heterocycles. The van der Waals surface area contributed by atoms with Crippen LogP contribution in [0.3, 0.4) is 0 Å². The number of benzene rings is 2. The number of ether oxygens (including phenoxy) is 1. The number of piperidine rings is 1. The third kappa shape index (κ3) is 4.02. The number of hydrogen-bond donors (Lipinski definition) is 1. The predicted octanol–water partition coefficient (Wildman–Crippen LogP) is 4.45. The highest BCUT2D eigenvalue weighted by Gasteiger charge is 2.49. The number of anilines is 2. The number of likely N-dealkylation sites (tertiary alicyclic amines) is 1. The molecule has 2 aromatic carbocycles. The lowest BCUT2D eigenvalue weighted by molar-refractivity contribution is -0.116. The number of hydrogen-bond acceptors (Lipinski definition) is 4. The molecule has 0 atom stereocenters. The third-order valence-corrected chi connectivity index (χ3v) is 7.15. The van der Waals surface area contributed by atoms with E-state index in [1.807, 2.05) is 29.2 Å². The molecule has 29 heavy (non-hydrogen) atoms. The van der Waals surface area contributed by atoms with Crippen molar-refractivity contribution in [2.24, 2.45) is 0 Å². The number of halogens is 1. The number of methoxy groups -OCH3 is 1. The Kier molecular flexibility index (Phi) is 5.61. The van der Waals surface area contributed by atoms with Gasteiger partial charge in [0.2, 0.25) is 5.91 Å². The number of nitrogens with one attached hydrogen (secondary N) is 1. The summed E-state index contributed by atoms with van der Waals surface area (Å²) in [6.45, 7) is 1.18. The van der Waals surface area contributed by atoms with Crippen LogP contribution in [-0.4, -0.2) is 47.7 Å². The molecule has 0 unspecified atom stereocenters. The number of rotatable bonds is 3. The van der Waals surface area contributed by atoms with Gasteiger partial charge in [0.15, 0.2) is 0 Å². The minimum absolute atomic E-state index is 0.110. The molecule has 0 aliphatic carbocycles. The molecule has 2 fully saturated rings. The van der Waals surface area contributed by atoms with Crippen molar-refractivity contribution in [2.45, 2.75) is 17.7 Å². The van der Waals surface area contributed by atoms with Crippen LogP contribution in [0.25, 0.3) is 0 Å². The average molecular weight is 432 g/mol. The van der Waals surface area contributed by atoms with Gasteiger partial charge in [0.05, 0.1) is 17.7 Å². The minimum atomic E-state index is -0.303. The molecule has 2 saturated heterocycles. The zero-order valence-electron chi connectivity index (χ0n) is 16.1. The summed E-state index contributed by atoms with van der Waals surface area (Å²) in [4.78, 5) is 28.7. The van der Waals surface area contributed by atoms with Crippen molar-refractivity contribution >= 4 is 46.7 Å². The third-order valence-electron chi connectivity index (χ3n) is 5.38. The zero-order chi connectivity index (χ0) is 20.4. The molecule has 0 saturated carbocycles. The van der Waals surface area contributed by atoms with Crippen molar-refractivity contribution in [3.05, 3.63) is 53.6 Å². The van der Waals surface area contributed by atoms with E-state index in [1.165, 1.54) is 0 Å². The van der Waals surface area contributed by atoms with Gasteiger partial charge in [0.1, 0.15) is 5.75 Å². The van der Waals surface area contributed by atoms with Crippen LogP contribution in [-0.2, 0) is 4.79 Å². The Hall–Kier alpha value is -2.38. The molecule has 1 spiro atoms. The first-order chi connectivity index (χ1) is 14.0. The topological polar surface area (TPSA) is 61.9 Å². The smallest absolute Gasteiger partial charge is 0.321 e. The second kappa shape index (κ2) is 8.16. The van der Waals surface area contributed by atoms with E-state index in [0.29, 0.717) is 29.6 Å². The normalized spacial score (nSPS) is 18.2. The van der Waals surface area contributed by atoms with Crippen molar-refractivity contribution in [2.75, 3.05) is 36.2 Å². The highest BCUT2D eigenvalue weighted by atomic mass is 35.5. The molecule has 8 heteroatoms. The maximum Gasteiger partial charge on any atom is 0.321 e. The maximum atomic E-state index is 12.7. The number of thioether (sulfide) groups is 1. The molecule has 0 radical (unpaired) electrons. The summed E-state index contributed by atoms with van der Waals surface area (Å²) in [6, 6.07) is 14.5. The van der Waals surface area contributed by atoms with Crippen molar-refractivity contribution in [3.8, 4) is 5.75 Å². The monoisotopic (exact) mass is 431 g/mol. The van der Waals surface area contributed by atoms with E-state index in [2.05, 4.69) is 5.32 Å². The fourth-order valence-electron chi connectivity index (χ4n) is 3.83. The van der Waals surface area contributed by atoms with E-state index >= 15 is 0 Å². The lowest BCUT2D eigenvalue weighted by Gasteiger charge is -2.43. The van der Waals surface area contributed by atoms with Gasteiger partial charge >= 0.3 is 6.03 Å². The van der Waals surface area contributed by atoms with Crippen LogP contribution in [0.15, 0.2) is 48.5 Å². The highest BCUT2D eigenvalue weighted by molar-refractivity contribution is 8.02. The molecule has 3 amide bonds. The average Bonchev–Trinajstić information content (AvgIpc) is 3.06. The van der Waals surface area contributed by atoms with Crippen molar-refractivity contribution in [3.63, 3.8) is 0 Å². The van der Waals surface area contributed by atoms with Crippen LogP contribution in [0.5, 0.6) is 5.75 Å². The molecule has 2 aliphatic rings. The summed E-state index contributed by atoms with van der Waals surface area (Å²) in [6.07, 6.45) is 1.45. The number of carbonyl (C=O) groups is 2. The van der Waals surface area contributed by atoms with Gasteiger partial charge in [-0.15, -0.1) is 11.8 Å².